The van der Waals surface area contributed by atoms with Crippen LogP contribution in [0.3, 0.4) is 0 Å². The molecule has 2 heterocycles. The molecule has 158 valence electrons. The predicted molar refractivity (Wildman–Crippen MR) is 124 cm³/mol. The summed E-state index contributed by atoms with van der Waals surface area (Å²) in [6.07, 6.45) is 8.28. The number of imidazole rings is 1. The Morgan fingerprint density at radius 3 is 2.77 bits per heavy atom. The first-order valence-electron chi connectivity index (χ1n) is 10.2. The number of amides is 1. The summed E-state index contributed by atoms with van der Waals surface area (Å²) in [5.74, 6) is 0.321. The lowest BCUT2D eigenvalue weighted by atomic mass is 10.1. The van der Waals surface area contributed by atoms with Gasteiger partial charge in [0.25, 0.3) is 0 Å². The van der Waals surface area contributed by atoms with Crippen molar-refractivity contribution in [1.29, 1.82) is 0 Å². The fraction of sp³-hybridized carbons (Fsp3) is 0.208. The number of carbonyl (C=O) groups is 1. The fourth-order valence-electron chi connectivity index (χ4n) is 3.31. The molecule has 0 radical (unpaired) electrons. The van der Waals surface area contributed by atoms with Crippen LogP contribution < -0.4 is 5.32 Å². The lowest BCUT2D eigenvalue weighted by Crippen LogP contribution is -2.27. The topological polar surface area (TPSA) is 64.7 Å². The summed E-state index contributed by atoms with van der Waals surface area (Å²) >= 11 is 1.44. The average Bonchev–Trinajstić information content (AvgIpc) is 3.45. The Bertz CT molecular complexity index is 1170. The van der Waals surface area contributed by atoms with E-state index in [9.17, 15) is 4.79 Å². The highest BCUT2D eigenvalue weighted by Crippen LogP contribution is 2.24. The van der Waals surface area contributed by atoms with Crippen molar-refractivity contribution in [3.63, 3.8) is 0 Å². The molecule has 0 spiro atoms. The summed E-state index contributed by atoms with van der Waals surface area (Å²) < 4.78 is 3.89. The van der Waals surface area contributed by atoms with Crippen LogP contribution in [-0.4, -0.2) is 37.5 Å². The van der Waals surface area contributed by atoms with Gasteiger partial charge in [0.05, 0.1) is 23.3 Å². The molecular formula is C24H25N5OS. The molecular weight excluding hydrogens is 406 g/mol. The SMILES string of the molecule is Cc1cccc(-n2ccnc2SCC(=O)NCCc2cnn(-c3ccccc3)c2)c1C. The van der Waals surface area contributed by atoms with Crippen LogP contribution in [0.15, 0.2) is 78.5 Å². The zero-order valence-corrected chi connectivity index (χ0v) is 18.5. The number of rotatable bonds is 8. The van der Waals surface area contributed by atoms with Gasteiger partial charge in [0.15, 0.2) is 5.16 Å². The molecule has 7 heteroatoms. The van der Waals surface area contributed by atoms with E-state index in [2.05, 4.69) is 41.4 Å². The van der Waals surface area contributed by atoms with Gasteiger partial charge in [0.2, 0.25) is 5.91 Å². The minimum absolute atomic E-state index is 0.00374. The van der Waals surface area contributed by atoms with Gasteiger partial charge in [-0.2, -0.15) is 5.10 Å². The Morgan fingerprint density at radius 1 is 1.10 bits per heavy atom. The standard InChI is InChI=1S/C24H25N5OS/c1-18-7-6-10-22(19(18)2)28-14-13-26-24(28)31-17-23(30)25-12-11-20-15-27-29(16-20)21-8-4-3-5-9-21/h3-10,13-16H,11-12,17H2,1-2H3,(H,25,30). The maximum absolute atomic E-state index is 12.3. The van der Waals surface area contributed by atoms with Crippen molar-refractivity contribution in [2.45, 2.75) is 25.4 Å². The van der Waals surface area contributed by atoms with E-state index >= 15 is 0 Å². The van der Waals surface area contributed by atoms with Gasteiger partial charge in [-0.15, -0.1) is 0 Å². The molecule has 2 aromatic heterocycles. The molecule has 1 N–H and O–H groups in total. The summed E-state index contributed by atoms with van der Waals surface area (Å²) in [7, 11) is 0. The molecule has 31 heavy (non-hydrogen) atoms. The van der Waals surface area contributed by atoms with Crippen molar-refractivity contribution < 1.29 is 4.79 Å². The molecule has 0 fully saturated rings. The quantitative estimate of drug-likeness (QED) is 0.426. The molecule has 2 aromatic carbocycles. The van der Waals surface area contributed by atoms with Crippen LogP contribution in [0.4, 0.5) is 0 Å². The lowest BCUT2D eigenvalue weighted by molar-refractivity contribution is -0.118. The molecule has 1 amide bonds. The van der Waals surface area contributed by atoms with E-state index in [0.717, 1.165) is 28.5 Å². The first-order valence-corrected chi connectivity index (χ1v) is 11.2. The molecule has 0 unspecified atom stereocenters. The van der Waals surface area contributed by atoms with Gasteiger partial charge < -0.3 is 5.32 Å². The van der Waals surface area contributed by atoms with Crippen molar-refractivity contribution >= 4 is 17.7 Å². The summed E-state index contributed by atoms with van der Waals surface area (Å²) in [6, 6.07) is 16.2. The number of thioether (sulfide) groups is 1. The van der Waals surface area contributed by atoms with E-state index in [4.69, 9.17) is 0 Å². The highest BCUT2D eigenvalue weighted by Gasteiger charge is 2.11. The molecule has 0 aliphatic rings. The number of benzene rings is 2. The number of aromatic nitrogens is 4. The van der Waals surface area contributed by atoms with Gasteiger partial charge in [0, 0.05) is 25.1 Å². The molecule has 0 saturated carbocycles. The van der Waals surface area contributed by atoms with Crippen LogP contribution >= 0.6 is 11.8 Å². The highest BCUT2D eigenvalue weighted by molar-refractivity contribution is 7.99. The maximum atomic E-state index is 12.3. The number of hydrogen-bond donors (Lipinski definition) is 1. The van der Waals surface area contributed by atoms with Gasteiger partial charge in [-0.05, 0) is 55.2 Å². The van der Waals surface area contributed by atoms with Crippen LogP contribution in [0, 0.1) is 13.8 Å². The van der Waals surface area contributed by atoms with Crippen molar-refractivity contribution in [2.24, 2.45) is 0 Å². The number of aryl methyl sites for hydroxylation is 1. The van der Waals surface area contributed by atoms with Gasteiger partial charge in [-0.25, -0.2) is 9.67 Å². The van der Waals surface area contributed by atoms with E-state index < -0.39 is 0 Å². The zero-order chi connectivity index (χ0) is 21.6. The average molecular weight is 432 g/mol. The Morgan fingerprint density at radius 2 is 1.94 bits per heavy atom. The van der Waals surface area contributed by atoms with Crippen molar-refractivity contribution in [3.05, 3.63) is 90.0 Å². The normalized spacial score (nSPS) is 10.9. The Hall–Kier alpha value is -3.32. The monoisotopic (exact) mass is 431 g/mol. The van der Waals surface area contributed by atoms with Crippen molar-refractivity contribution in [2.75, 3.05) is 12.3 Å². The minimum atomic E-state index is -0.00374. The summed E-state index contributed by atoms with van der Waals surface area (Å²) in [5.41, 5.74) is 5.64. The first-order chi connectivity index (χ1) is 15.1. The molecule has 4 rings (SSSR count). The van der Waals surface area contributed by atoms with Crippen molar-refractivity contribution in [1.82, 2.24) is 24.6 Å². The van der Waals surface area contributed by atoms with E-state index in [1.807, 2.05) is 64.2 Å². The van der Waals surface area contributed by atoms with Crippen LogP contribution in [0.5, 0.6) is 0 Å². The summed E-state index contributed by atoms with van der Waals surface area (Å²) in [4.78, 5) is 16.8. The number of carbonyl (C=O) groups excluding carboxylic acids is 1. The van der Waals surface area contributed by atoms with E-state index in [0.29, 0.717) is 12.3 Å². The third-order valence-corrected chi connectivity index (χ3v) is 6.13. The molecule has 0 aliphatic heterocycles. The Labute approximate surface area is 186 Å². The third kappa shape index (κ3) is 5.06. The smallest absolute Gasteiger partial charge is 0.230 e. The van der Waals surface area contributed by atoms with E-state index in [1.165, 1.54) is 22.9 Å². The molecule has 4 aromatic rings. The van der Waals surface area contributed by atoms with Crippen LogP contribution in [0.25, 0.3) is 11.4 Å². The molecule has 0 saturated heterocycles. The second-order valence-corrected chi connectivity index (χ2v) is 8.26. The van der Waals surface area contributed by atoms with Crippen molar-refractivity contribution in [3.8, 4) is 11.4 Å². The zero-order valence-electron chi connectivity index (χ0n) is 17.7. The Balaban J connectivity index is 1.28. The molecule has 0 atom stereocenters. The van der Waals surface area contributed by atoms with Gasteiger partial charge in [0.1, 0.15) is 0 Å². The largest absolute Gasteiger partial charge is 0.355 e. The molecule has 6 nitrogen and oxygen atoms in total. The fourth-order valence-corrected chi connectivity index (χ4v) is 4.11. The van der Waals surface area contributed by atoms with Gasteiger partial charge in [-0.1, -0.05) is 42.1 Å². The van der Waals surface area contributed by atoms with Crippen LogP contribution in [0.2, 0.25) is 0 Å². The number of para-hydroxylation sites is 1. The van der Waals surface area contributed by atoms with Crippen LogP contribution in [-0.2, 0) is 11.2 Å². The van der Waals surface area contributed by atoms with Gasteiger partial charge in [-0.3, -0.25) is 9.36 Å². The highest BCUT2D eigenvalue weighted by atomic mass is 32.2. The lowest BCUT2D eigenvalue weighted by Gasteiger charge is -2.12. The summed E-state index contributed by atoms with van der Waals surface area (Å²) in [5, 5.41) is 8.20. The maximum Gasteiger partial charge on any atom is 0.230 e. The van der Waals surface area contributed by atoms with Crippen LogP contribution in [0.1, 0.15) is 16.7 Å². The number of hydrogen-bond acceptors (Lipinski definition) is 4. The first kappa shape index (κ1) is 20.9. The second-order valence-electron chi connectivity index (χ2n) is 7.32. The summed E-state index contributed by atoms with van der Waals surface area (Å²) in [6.45, 7) is 4.77. The number of nitrogens with zero attached hydrogens (tertiary/aromatic N) is 4. The Kier molecular flexibility index (Phi) is 6.52. The predicted octanol–water partition coefficient (Wildman–Crippen LogP) is 4.13. The minimum Gasteiger partial charge on any atom is -0.355 e. The third-order valence-electron chi connectivity index (χ3n) is 5.17. The second kappa shape index (κ2) is 9.66. The van der Waals surface area contributed by atoms with E-state index in [1.54, 1.807) is 6.20 Å². The van der Waals surface area contributed by atoms with Gasteiger partial charge >= 0.3 is 0 Å². The molecule has 0 bridgehead atoms. The molecule has 0 aliphatic carbocycles. The number of nitrogens with one attached hydrogen (secondary N) is 1. The van der Waals surface area contributed by atoms with E-state index in [-0.39, 0.29) is 5.91 Å².